The molecule has 5 heteroatoms. The summed E-state index contributed by atoms with van der Waals surface area (Å²) in [5, 5.41) is 11.3. The van der Waals surface area contributed by atoms with Gasteiger partial charge in [0.05, 0.1) is 0 Å². The molecule has 0 saturated carbocycles. The predicted octanol–water partition coefficient (Wildman–Crippen LogP) is 0.349. The van der Waals surface area contributed by atoms with E-state index in [1.807, 2.05) is 0 Å². The normalized spacial score (nSPS) is 22.5. The summed E-state index contributed by atoms with van der Waals surface area (Å²) in [4.78, 5) is 0. The Kier molecular flexibility index (Phi) is 3.10. The zero-order valence-electron chi connectivity index (χ0n) is 8.44. The van der Waals surface area contributed by atoms with Crippen LogP contribution in [0.3, 0.4) is 0 Å². The van der Waals surface area contributed by atoms with E-state index in [1.54, 1.807) is 13.4 Å². The van der Waals surface area contributed by atoms with E-state index in [4.69, 9.17) is 4.74 Å². The molecule has 1 fully saturated rings. The highest BCUT2D eigenvalue weighted by atomic mass is 16.5. The molecule has 0 bridgehead atoms. The largest absolute Gasteiger partial charge is 0.377 e. The summed E-state index contributed by atoms with van der Waals surface area (Å²) in [6.45, 7) is 2.67. The van der Waals surface area contributed by atoms with Crippen LogP contribution >= 0.6 is 0 Å². The quantitative estimate of drug-likeness (QED) is 0.758. The molecular formula is C9H16N4O. The van der Waals surface area contributed by atoms with Crippen LogP contribution in [0.5, 0.6) is 0 Å². The zero-order chi connectivity index (χ0) is 9.80. The van der Waals surface area contributed by atoms with Crippen LogP contribution in [0.25, 0.3) is 0 Å². The van der Waals surface area contributed by atoms with Crippen LogP contribution in [-0.4, -0.2) is 35.0 Å². The van der Waals surface area contributed by atoms with Crippen molar-refractivity contribution in [3.8, 4) is 0 Å². The van der Waals surface area contributed by atoms with Crippen molar-refractivity contribution in [2.45, 2.75) is 25.5 Å². The number of nitrogens with one attached hydrogen (secondary N) is 1. The lowest BCUT2D eigenvalue weighted by molar-refractivity contribution is 0.170. The highest BCUT2D eigenvalue weighted by Crippen LogP contribution is 2.17. The van der Waals surface area contributed by atoms with Crippen LogP contribution in [-0.2, 0) is 11.3 Å². The average Bonchev–Trinajstić information content (AvgIpc) is 2.68. The smallest absolute Gasteiger partial charge is 0.159 e. The Labute approximate surface area is 83.5 Å². The Morgan fingerprint density at radius 1 is 1.71 bits per heavy atom. The number of ether oxygens (including phenoxy) is 1. The second-order valence-electron chi connectivity index (χ2n) is 3.59. The summed E-state index contributed by atoms with van der Waals surface area (Å²) >= 11 is 0. The molecule has 2 rings (SSSR count). The summed E-state index contributed by atoms with van der Waals surface area (Å²) in [6.07, 6.45) is 4.21. The van der Waals surface area contributed by atoms with Crippen molar-refractivity contribution in [1.82, 2.24) is 20.1 Å². The fourth-order valence-corrected chi connectivity index (χ4v) is 1.87. The maximum Gasteiger partial charge on any atom is 0.159 e. The summed E-state index contributed by atoms with van der Waals surface area (Å²) in [7, 11) is 1.68. The molecule has 0 spiro atoms. The van der Waals surface area contributed by atoms with E-state index in [-0.39, 0.29) is 0 Å². The highest BCUT2D eigenvalue weighted by Gasteiger charge is 2.17. The van der Waals surface area contributed by atoms with E-state index in [2.05, 4.69) is 20.1 Å². The van der Waals surface area contributed by atoms with Gasteiger partial charge in [0.25, 0.3) is 0 Å². The predicted molar refractivity (Wildman–Crippen MR) is 51.9 cm³/mol. The van der Waals surface area contributed by atoms with Gasteiger partial charge >= 0.3 is 0 Å². The Balaban J connectivity index is 2.09. The van der Waals surface area contributed by atoms with Crippen LogP contribution < -0.4 is 5.32 Å². The molecule has 14 heavy (non-hydrogen) atoms. The van der Waals surface area contributed by atoms with Gasteiger partial charge in [-0.3, -0.25) is 0 Å². The first-order valence-corrected chi connectivity index (χ1v) is 5.00. The molecule has 0 aliphatic carbocycles. The third-order valence-corrected chi connectivity index (χ3v) is 2.58. The Morgan fingerprint density at radius 2 is 2.64 bits per heavy atom. The molecule has 5 nitrogen and oxygen atoms in total. The molecule has 1 aliphatic rings. The van der Waals surface area contributed by atoms with Gasteiger partial charge in [-0.15, -0.1) is 10.2 Å². The Hall–Kier alpha value is -0.940. The minimum absolute atomic E-state index is 0.490. The molecule has 1 aromatic rings. The fourth-order valence-electron chi connectivity index (χ4n) is 1.87. The van der Waals surface area contributed by atoms with Gasteiger partial charge in [0.2, 0.25) is 0 Å². The number of aromatic nitrogens is 3. The first-order valence-electron chi connectivity index (χ1n) is 5.00. The Morgan fingerprint density at radius 3 is 3.36 bits per heavy atom. The first-order chi connectivity index (χ1) is 6.92. The number of hydrogen-bond acceptors (Lipinski definition) is 4. The fraction of sp³-hybridized carbons (Fsp3) is 0.778. The molecule has 78 valence electrons. The lowest BCUT2D eigenvalue weighted by atomic mass is 10.1. The summed E-state index contributed by atoms with van der Waals surface area (Å²) in [5.41, 5.74) is 0. The van der Waals surface area contributed by atoms with Crippen molar-refractivity contribution >= 4 is 0 Å². The highest BCUT2D eigenvalue weighted by molar-refractivity contribution is 4.89. The van der Waals surface area contributed by atoms with Gasteiger partial charge in [0.15, 0.2) is 5.82 Å². The summed E-state index contributed by atoms with van der Waals surface area (Å²) < 4.78 is 7.19. The lowest BCUT2D eigenvalue weighted by Gasteiger charge is -2.24. The summed E-state index contributed by atoms with van der Waals surface area (Å²) in [6, 6.07) is 0.490. The molecule has 1 N–H and O–H groups in total. The molecule has 1 saturated heterocycles. The van der Waals surface area contributed by atoms with Crippen molar-refractivity contribution < 1.29 is 4.74 Å². The molecule has 0 aromatic carbocycles. The molecule has 1 aromatic heterocycles. The third kappa shape index (κ3) is 1.93. The van der Waals surface area contributed by atoms with Crippen molar-refractivity contribution in [2.75, 3.05) is 20.2 Å². The molecule has 0 amide bonds. The second-order valence-corrected chi connectivity index (χ2v) is 3.59. The van der Waals surface area contributed by atoms with Crippen LogP contribution in [0.1, 0.15) is 24.7 Å². The number of methoxy groups -OCH3 is 1. The molecule has 1 atom stereocenters. The molecule has 0 radical (unpaired) electrons. The van der Waals surface area contributed by atoms with Crippen molar-refractivity contribution in [2.24, 2.45) is 0 Å². The van der Waals surface area contributed by atoms with E-state index in [1.165, 1.54) is 12.8 Å². The molecule has 1 unspecified atom stereocenters. The number of piperidine rings is 1. The molecule has 2 heterocycles. The zero-order valence-corrected chi connectivity index (χ0v) is 8.44. The van der Waals surface area contributed by atoms with Crippen molar-refractivity contribution in [1.29, 1.82) is 0 Å². The summed E-state index contributed by atoms with van der Waals surface area (Å²) in [5.74, 6) is 0.918. The van der Waals surface area contributed by atoms with E-state index >= 15 is 0 Å². The first kappa shape index (κ1) is 9.61. The van der Waals surface area contributed by atoms with E-state index in [9.17, 15) is 0 Å². The van der Waals surface area contributed by atoms with Gasteiger partial charge in [0, 0.05) is 19.7 Å². The van der Waals surface area contributed by atoms with E-state index in [0.29, 0.717) is 12.6 Å². The average molecular weight is 196 g/mol. The van der Waals surface area contributed by atoms with Crippen molar-refractivity contribution in [3.63, 3.8) is 0 Å². The van der Waals surface area contributed by atoms with Crippen LogP contribution in [0.4, 0.5) is 0 Å². The maximum atomic E-state index is 5.07. The topological polar surface area (TPSA) is 52.0 Å². The van der Waals surface area contributed by atoms with Gasteiger partial charge < -0.3 is 14.6 Å². The third-order valence-electron chi connectivity index (χ3n) is 2.58. The van der Waals surface area contributed by atoms with E-state index in [0.717, 1.165) is 18.9 Å². The maximum absolute atomic E-state index is 5.07. The standard InChI is InChI=1S/C9H16N4O/c1-14-6-9-12-11-7-13(9)8-3-2-4-10-5-8/h7-8,10H,2-6H2,1H3. The Bertz CT molecular complexity index is 280. The molecular weight excluding hydrogens is 180 g/mol. The van der Waals surface area contributed by atoms with Gasteiger partial charge in [-0.25, -0.2) is 0 Å². The lowest BCUT2D eigenvalue weighted by Crippen LogP contribution is -2.32. The van der Waals surface area contributed by atoms with E-state index < -0.39 is 0 Å². The number of nitrogens with zero attached hydrogens (tertiary/aromatic N) is 3. The monoisotopic (exact) mass is 196 g/mol. The minimum Gasteiger partial charge on any atom is -0.377 e. The molecule has 1 aliphatic heterocycles. The minimum atomic E-state index is 0.490. The van der Waals surface area contributed by atoms with Gasteiger partial charge in [-0.2, -0.15) is 0 Å². The SMILES string of the molecule is COCc1nncn1C1CCCNC1. The van der Waals surface area contributed by atoms with Crippen LogP contribution in [0, 0.1) is 0 Å². The van der Waals surface area contributed by atoms with Crippen molar-refractivity contribution in [3.05, 3.63) is 12.2 Å². The van der Waals surface area contributed by atoms with Gasteiger partial charge in [-0.1, -0.05) is 0 Å². The number of rotatable bonds is 3. The van der Waals surface area contributed by atoms with Crippen LogP contribution in [0.15, 0.2) is 6.33 Å². The van der Waals surface area contributed by atoms with Gasteiger partial charge in [-0.05, 0) is 19.4 Å². The second kappa shape index (κ2) is 4.52. The number of hydrogen-bond donors (Lipinski definition) is 1. The van der Waals surface area contributed by atoms with Crippen LogP contribution in [0.2, 0.25) is 0 Å². The van der Waals surface area contributed by atoms with Gasteiger partial charge in [0.1, 0.15) is 12.9 Å².